The van der Waals surface area contributed by atoms with Crippen LogP contribution in [0.3, 0.4) is 0 Å². The van der Waals surface area contributed by atoms with Crippen molar-refractivity contribution in [3.8, 4) is 0 Å². The van der Waals surface area contributed by atoms with Gasteiger partial charge in [0.1, 0.15) is 4.99 Å². The first-order valence-electron chi connectivity index (χ1n) is 6.61. The largest absolute Gasteiger partial charge is 0.389 e. The van der Waals surface area contributed by atoms with E-state index in [9.17, 15) is 8.42 Å². The van der Waals surface area contributed by atoms with Gasteiger partial charge in [-0.1, -0.05) is 23.8 Å². The molecule has 1 heterocycles. The lowest BCUT2D eigenvalue weighted by Crippen LogP contribution is -2.27. The number of rotatable bonds is 6. The van der Waals surface area contributed by atoms with Crippen molar-refractivity contribution in [1.82, 2.24) is 4.72 Å². The maximum absolute atomic E-state index is 12.2. The van der Waals surface area contributed by atoms with E-state index < -0.39 is 10.0 Å². The molecule has 0 aromatic heterocycles. The second kappa shape index (κ2) is 7.02. The quantitative estimate of drug-likeness (QED) is 0.766. The first-order valence-corrected chi connectivity index (χ1v) is 8.88. The van der Waals surface area contributed by atoms with Crippen molar-refractivity contribution in [1.29, 1.82) is 0 Å². The summed E-state index contributed by atoms with van der Waals surface area (Å²) in [4.78, 5) is 0.232. The van der Waals surface area contributed by atoms with Gasteiger partial charge in [0.05, 0.1) is 16.0 Å². The molecule has 1 aromatic rings. The highest BCUT2D eigenvalue weighted by atomic mass is 35.5. The summed E-state index contributed by atoms with van der Waals surface area (Å²) in [6.45, 7) is 1.09. The highest BCUT2D eigenvalue weighted by Crippen LogP contribution is 2.21. The molecular formula is C13H17ClN2O3S2. The van der Waals surface area contributed by atoms with Crippen LogP contribution >= 0.6 is 23.8 Å². The normalized spacial score (nSPS) is 18.8. The van der Waals surface area contributed by atoms with Crippen molar-refractivity contribution >= 4 is 38.8 Å². The Balaban J connectivity index is 2.01. The monoisotopic (exact) mass is 348 g/mol. The summed E-state index contributed by atoms with van der Waals surface area (Å²) in [6.07, 6.45) is 2.83. The third kappa shape index (κ3) is 4.37. The zero-order valence-corrected chi connectivity index (χ0v) is 13.7. The molecule has 1 aromatic carbocycles. The number of benzene rings is 1. The van der Waals surface area contributed by atoms with Gasteiger partial charge in [0.25, 0.3) is 0 Å². The second-order valence-electron chi connectivity index (χ2n) is 4.83. The number of ether oxygens (including phenoxy) is 1. The van der Waals surface area contributed by atoms with E-state index >= 15 is 0 Å². The van der Waals surface area contributed by atoms with E-state index in [4.69, 9.17) is 34.3 Å². The molecule has 116 valence electrons. The molecule has 1 atom stereocenters. The minimum atomic E-state index is -3.59. The molecule has 2 rings (SSSR count). The predicted molar refractivity (Wildman–Crippen MR) is 86.1 cm³/mol. The molecule has 5 nitrogen and oxygen atoms in total. The van der Waals surface area contributed by atoms with Gasteiger partial charge >= 0.3 is 0 Å². The first-order chi connectivity index (χ1) is 9.90. The van der Waals surface area contributed by atoms with Crippen LogP contribution in [-0.2, 0) is 14.8 Å². The lowest BCUT2D eigenvalue weighted by atomic mass is 10.2. The van der Waals surface area contributed by atoms with E-state index in [2.05, 4.69) is 4.72 Å². The fraction of sp³-hybridized carbons (Fsp3) is 0.462. The molecule has 1 aliphatic heterocycles. The molecule has 0 radical (unpaired) electrons. The average molecular weight is 349 g/mol. The second-order valence-corrected chi connectivity index (χ2v) is 7.44. The molecule has 1 saturated heterocycles. The Bertz CT molecular complexity index is 628. The SMILES string of the molecule is NC(=S)c1ccc(S(=O)(=O)NCCC2CCCO2)cc1Cl. The minimum absolute atomic E-state index is 0.0971. The van der Waals surface area contributed by atoms with E-state index in [1.54, 1.807) is 0 Å². The van der Waals surface area contributed by atoms with Gasteiger partial charge in [-0.05, 0) is 37.5 Å². The highest BCUT2D eigenvalue weighted by Gasteiger charge is 2.19. The Morgan fingerprint density at radius 2 is 2.29 bits per heavy atom. The number of nitrogens with one attached hydrogen (secondary N) is 1. The summed E-state index contributed by atoms with van der Waals surface area (Å²) >= 11 is 10.8. The van der Waals surface area contributed by atoms with Crippen LogP contribution in [0.15, 0.2) is 23.1 Å². The Labute approximate surface area is 134 Å². The van der Waals surface area contributed by atoms with Crippen LogP contribution in [0.2, 0.25) is 5.02 Å². The Morgan fingerprint density at radius 1 is 1.52 bits per heavy atom. The lowest BCUT2D eigenvalue weighted by Gasteiger charge is -2.11. The molecule has 8 heteroatoms. The van der Waals surface area contributed by atoms with Gasteiger partial charge in [-0.25, -0.2) is 13.1 Å². The summed E-state index contributed by atoms with van der Waals surface area (Å²) in [7, 11) is -3.59. The van der Waals surface area contributed by atoms with E-state index in [1.807, 2.05) is 0 Å². The average Bonchev–Trinajstić information content (AvgIpc) is 2.91. The van der Waals surface area contributed by atoms with Gasteiger partial charge in [0.15, 0.2) is 0 Å². The number of nitrogens with two attached hydrogens (primary N) is 1. The van der Waals surface area contributed by atoms with Gasteiger partial charge in [-0.15, -0.1) is 0 Å². The maximum Gasteiger partial charge on any atom is 0.240 e. The number of sulfonamides is 1. The zero-order valence-electron chi connectivity index (χ0n) is 11.3. The van der Waals surface area contributed by atoms with Crippen molar-refractivity contribution in [2.24, 2.45) is 5.73 Å². The third-order valence-electron chi connectivity index (χ3n) is 3.30. The van der Waals surface area contributed by atoms with Crippen LogP contribution in [0, 0.1) is 0 Å². The fourth-order valence-electron chi connectivity index (χ4n) is 2.17. The van der Waals surface area contributed by atoms with Crippen LogP contribution in [0.25, 0.3) is 0 Å². The van der Waals surface area contributed by atoms with Crippen LogP contribution in [0.5, 0.6) is 0 Å². The number of hydrogen-bond acceptors (Lipinski definition) is 4. The summed E-state index contributed by atoms with van der Waals surface area (Å²) in [5.41, 5.74) is 5.95. The molecule has 0 amide bonds. The third-order valence-corrected chi connectivity index (χ3v) is 5.29. The van der Waals surface area contributed by atoms with Crippen molar-refractivity contribution in [2.75, 3.05) is 13.2 Å². The van der Waals surface area contributed by atoms with Gasteiger partial charge in [-0.2, -0.15) is 0 Å². The zero-order chi connectivity index (χ0) is 15.5. The van der Waals surface area contributed by atoms with Crippen molar-refractivity contribution in [3.63, 3.8) is 0 Å². The topological polar surface area (TPSA) is 81.4 Å². The smallest absolute Gasteiger partial charge is 0.240 e. The molecule has 1 fully saturated rings. The summed E-state index contributed by atoms with van der Waals surface area (Å²) in [5.74, 6) is 0. The van der Waals surface area contributed by atoms with Gasteiger partial charge in [0, 0.05) is 18.7 Å². The van der Waals surface area contributed by atoms with Crippen LogP contribution in [-0.4, -0.2) is 32.7 Å². The highest BCUT2D eigenvalue weighted by molar-refractivity contribution is 7.89. The molecule has 0 spiro atoms. The lowest BCUT2D eigenvalue weighted by molar-refractivity contribution is 0.105. The van der Waals surface area contributed by atoms with Crippen LogP contribution in [0.4, 0.5) is 0 Å². The van der Waals surface area contributed by atoms with Gasteiger partial charge in [-0.3, -0.25) is 0 Å². The summed E-state index contributed by atoms with van der Waals surface area (Å²) < 4.78 is 32.3. The molecule has 3 N–H and O–H groups in total. The van der Waals surface area contributed by atoms with Gasteiger partial charge in [0.2, 0.25) is 10.0 Å². The fourth-order valence-corrected chi connectivity index (χ4v) is 3.83. The van der Waals surface area contributed by atoms with Crippen LogP contribution < -0.4 is 10.5 Å². The van der Waals surface area contributed by atoms with Crippen molar-refractivity contribution in [3.05, 3.63) is 28.8 Å². The van der Waals surface area contributed by atoms with Crippen molar-refractivity contribution < 1.29 is 13.2 Å². The van der Waals surface area contributed by atoms with E-state index in [-0.39, 0.29) is 21.0 Å². The molecule has 0 bridgehead atoms. The molecule has 0 aliphatic carbocycles. The number of thiocarbonyl (C=S) groups is 1. The van der Waals surface area contributed by atoms with E-state index in [0.717, 1.165) is 19.4 Å². The van der Waals surface area contributed by atoms with Crippen molar-refractivity contribution in [2.45, 2.75) is 30.3 Å². The molecule has 1 aliphatic rings. The Kier molecular flexibility index (Phi) is 5.56. The molecule has 0 saturated carbocycles. The first kappa shape index (κ1) is 16.6. The minimum Gasteiger partial charge on any atom is -0.389 e. The summed E-state index contributed by atoms with van der Waals surface area (Å²) in [6, 6.07) is 4.30. The number of halogens is 1. The van der Waals surface area contributed by atoms with Crippen LogP contribution in [0.1, 0.15) is 24.8 Å². The molecule has 21 heavy (non-hydrogen) atoms. The molecule has 1 unspecified atom stereocenters. The summed E-state index contributed by atoms with van der Waals surface area (Å²) in [5, 5.41) is 0.226. The van der Waals surface area contributed by atoms with E-state index in [0.29, 0.717) is 18.5 Å². The maximum atomic E-state index is 12.2. The Hall–Kier alpha value is -0.730. The van der Waals surface area contributed by atoms with Gasteiger partial charge < -0.3 is 10.5 Å². The Morgan fingerprint density at radius 3 is 2.86 bits per heavy atom. The standard InChI is InChI=1S/C13H17ClN2O3S2/c14-12-8-10(3-4-11(12)13(15)20)21(17,18)16-6-5-9-2-1-7-19-9/h3-4,8-9,16H,1-2,5-7H2,(H2,15,20). The number of hydrogen-bond donors (Lipinski definition) is 2. The molecular weight excluding hydrogens is 332 g/mol. The predicted octanol–water partition coefficient (Wildman–Crippen LogP) is 1.82. The van der Waals surface area contributed by atoms with E-state index in [1.165, 1.54) is 18.2 Å².